The van der Waals surface area contributed by atoms with Crippen molar-refractivity contribution < 1.29 is 9.59 Å². The van der Waals surface area contributed by atoms with Gasteiger partial charge in [-0.05, 0) is 56.2 Å². The Morgan fingerprint density at radius 2 is 1.88 bits per heavy atom. The maximum Gasteiger partial charge on any atom is 0.253 e. The van der Waals surface area contributed by atoms with Crippen LogP contribution in [0, 0.1) is 5.92 Å². The molecule has 1 aromatic rings. The Morgan fingerprint density at radius 3 is 2.52 bits per heavy atom. The van der Waals surface area contributed by atoms with Crippen molar-refractivity contribution in [2.75, 3.05) is 23.3 Å². The van der Waals surface area contributed by atoms with Crippen LogP contribution in [0.2, 0.25) is 0 Å². The second-order valence-corrected chi connectivity index (χ2v) is 7.45. The maximum absolute atomic E-state index is 12.7. The van der Waals surface area contributed by atoms with E-state index in [9.17, 15) is 9.59 Å². The third-order valence-corrected chi connectivity index (χ3v) is 5.04. The van der Waals surface area contributed by atoms with Crippen LogP contribution in [-0.2, 0) is 4.79 Å². The number of rotatable bonds is 6. The number of anilines is 2. The molecule has 1 aliphatic carbocycles. The van der Waals surface area contributed by atoms with Crippen LogP contribution in [0.3, 0.4) is 0 Å². The summed E-state index contributed by atoms with van der Waals surface area (Å²) in [7, 11) is 0. The molecule has 136 valence electrons. The Hall–Kier alpha value is -2.04. The van der Waals surface area contributed by atoms with Crippen LogP contribution in [-0.4, -0.2) is 30.9 Å². The lowest BCUT2D eigenvalue weighted by atomic mass is 9.97. The number of nitrogens with one attached hydrogen (secondary N) is 2. The quantitative estimate of drug-likeness (QED) is 0.830. The Bertz CT molecular complexity index is 632. The van der Waals surface area contributed by atoms with Crippen molar-refractivity contribution >= 4 is 23.2 Å². The Labute approximate surface area is 150 Å². The molecule has 1 aromatic carbocycles. The Kier molecular flexibility index (Phi) is 5.61. The minimum absolute atomic E-state index is 0.00408. The fourth-order valence-electron chi connectivity index (χ4n) is 3.26. The van der Waals surface area contributed by atoms with Gasteiger partial charge in [0.2, 0.25) is 5.91 Å². The zero-order valence-corrected chi connectivity index (χ0v) is 15.3. The highest BCUT2D eigenvalue weighted by Gasteiger charge is 2.27. The van der Waals surface area contributed by atoms with Gasteiger partial charge in [0.1, 0.15) is 0 Å². The highest BCUT2D eigenvalue weighted by molar-refractivity contribution is 6.02. The summed E-state index contributed by atoms with van der Waals surface area (Å²) >= 11 is 0. The summed E-state index contributed by atoms with van der Waals surface area (Å²) in [6, 6.07) is 6.05. The molecular weight excluding hydrogens is 314 g/mol. The third-order valence-electron chi connectivity index (χ3n) is 5.04. The van der Waals surface area contributed by atoms with E-state index in [2.05, 4.69) is 22.5 Å². The van der Waals surface area contributed by atoms with Crippen molar-refractivity contribution in [1.29, 1.82) is 0 Å². The summed E-state index contributed by atoms with van der Waals surface area (Å²) in [5.41, 5.74) is 2.36. The summed E-state index contributed by atoms with van der Waals surface area (Å²) in [5.74, 6) is 0.714. The molecule has 1 aliphatic heterocycles. The van der Waals surface area contributed by atoms with E-state index in [1.165, 1.54) is 0 Å². The van der Waals surface area contributed by atoms with E-state index in [4.69, 9.17) is 0 Å². The third kappa shape index (κ3) is 4.74. The minimum atomic E-state index is -0.0253. The molecular formula is C20H29N3O2. The molecule has 5 nitrogen and oxygen atoms in total. The van der Waals surface area contributed by atoms with E-state index in [-0.39, 0.29) is 11.8 Å². The second-order valence-electron chi connectivity index (χ2n) is 7.45. The van der Waals surface area contributed by atoms with Crippen LogP contribution in [0.1, 0.15) is 62.7 Å². The van der Waals surface area contributed by atoms with Crippen molar-refractivity contribution in [2.45, 2.75) is 58.4 Å². The molecule has 0 radical (unpaired) electrons. The van der Waals surface area contributed by atoms with Crippen LogP contribution in [0.5, 0.6) is 0 Å². The van der Waals surface area contributed by atoms with Gasteiger partial charge in [0.05, 0.1) is 5.56 Å². The van der Waals surface area contributed by atoms with Crippen LogP contribution >= 0.6 is 0 Å². The van der Waals surface area contributed by atoms with Crippen LogP contribution in [0.4, 0.5) is 11.4 Å². The minimum Gasteiger partial charge on any atom is -0.371 e. The van der Waals surface area contributed by atoms with Gasteiger partial charge in [0.25, 0.3) is 5.91 Å². The number of carbonyl (C=O) groups excluding carboxylic acids is 2. The van der Waals surface area contributed by atoms with Gasteiger partial charge in [0.15, 0.2) is 0 Å². The molecule has 0 unspecified atom stereocenters. The monoisotopic (exact) mass is 343 g/mol. The molecule has 0 aromatic heterocycles. The van der Waals surface area contributed by atoms with Crippen LogP contribution < -0.4 is 15.5 Å². The van der Waals surface area contributed by atoms with E-state index in [1.54, 1.807) is 0 Å². The average Bonchev–Trinajstić information content (AvgIpc) is 3.40. The zero-order chi connectivity index (χ0) is 17.8. The molecule has 1 heterocycles. The highest BCUT2D eigenvalue weighted by atomic mass is 16.2. The lowest BCUT2D eigenvalue weighted by molar-refractivity contribution is -0.116. The zero-order valence-electron chi connectivity index (χ0n) is 15.3. The number of nitrogens with zero attached hydrogens (tertiary/aromatic N) is 1. The smallest absolute Gasteiger partial charge is 0.253 e. The summed E-state index contributed by atoms with van der Waals surface area (Å²) in [5, 5.41) is 5.99. The van der Waals surface area contributed by atoms with Gasteiger partial charge >= 0.3 is 0 Å². The summed E-state index contributed by atoms with van der Waals surface area (Å²) < 4.78 is 0. The number of amides is 2. The van der Waals surface area contributed by atoms with E-state index in [0.29, 0.717) is 23.7 Å². The van der Waals surface area contributed by atoms with E-state index >= 15 is 0 Å². The van der Waals surface area contributed by atoms with Crippen molar-refractivity contribution in [2.24, 2.45) is 5.92 Å². The number of carbonyl (C=O) groups is 2. The summed E-state index contributed by atoms with van der Waals surface area (Å²) in [6.45, 7) is 6.22. The van der Waals surface area contributed by atoms with Crippen molar-refractivity contribution in [3.8, 4) is 0 Å². The van der Waals surface area contributed by atoms with Gasteiger partial charge in [-0.1, -0.05) is 13.8 Å². The molecule has 2 amide bonds. The highest BCUT2D eigenvalue weighted by Crippen LogP contribution is 2.30. The lowest BCUT2D eigenvalue weighted by Crippen LogP contribution is -2.35. The summed E-state index contributed by atoms with van der Waals surface area (Å²) in [4.78, 5) is 26.9. The first-order valence-corrected chi connectivity index (χ1v) is 9.56. The average molecular weight is 343 g/mol. The van der Waals surface area contributed by atoms with Gasteiger partial charge in [-0.2, -0.15) is 0 Å². The SMILES string of the molecule is CCCC(=O)Nc1ccc(N2CCC(C)CC2)c(C(=O)NC2CC2)c1. The molecule has 3 rings (SSSR count). The molecule has 0 atom stereocenters. The standard InChI is InChI=1S/C20H29N3O2/c1-3-4-19(24)21-16-7-8-18(23-11-9-14(2)10-12-23)17(13-16)20(25)22-15-5-6-15/h7-8,13-15H,3-6,9-12H2,1-2H3,(H,21,24)(H,22,25). The molecule has 5 heteroatoms. The van der Waals surface area contributed by atoms with Crippen molar-refractivity contribution in [3.63, 3.8) is 0 Å². The topological polar surface area (TPSA) is 61.4 Å². The molecule has 2 N–H and O–H groups in total. The number of piperidine rings is 1. The van der Waals surface area contributed by atoms with Crippen molar-refractivity contribution in [1.82, 2.24) is 5.32 Å². The Balaban J connectivity index is 1.82. The second kappa shape index (κ2) is 7.89. The predicted molar refractivity (Wildman–Crippen MR) is 101 cm³/mol. The maximum atomic E-state index is 12.7. The predicted octanol–water partition coefficient (Wildman–Crippen LogP) is 3.55. The van der Waals surface area contributed by atoms with Gasteiger partial charge in [-0.15, -0.1) is 0 Å². The van der Waals surface area contributed by atoms with Crippen LogP contribution in [0.15, 0.2) is 18.2 Å². The van der Waals surface area contributed by atoms with E-state index < -0.39 is 0 Å². The molecule has 2 aliphatic rings. The number of hydrogen-bond donors (Lipinski definition) is 2. The largest absolute Gasteiger partial charge is 0.371 e. The first-order valence-electron chi connectivity index (χ1n) is 9.56. The molecule has 1 saturated carbocycles. The Morgan fingerprint density at radius 1 is 1.16 bits per heavy atom. The van der Waals surface area contributed by atoms with E-state index in [1.807, 2.05) is 25.1 Å². The number of hydrogen-bond acceptors (Lipinski definition) is 3. The molecule has 25 heavy (non-hydrogen) atoms. The fraction of sp³-hybridized carbons (Fsp3) is 0.600. The lowest BCUT2D eigenvalue weighted by Gasteiger charge is -2.33. The summed E-state index contributed by atoms with van der Waals surface area (Å²) in [6.07, 6.45) is 5.74. The molecule has 0 spiro atoms. The first kappa shape index (κ1) is 17.8. The van der Waals surface area contributed by atoms with Crippen molar-refractivity contribution in [3.05, 3.63) is 23.8 Å². The molecule has 2 fully saturated rings. The number of benzene rings is 1. The van der Waals surface area contributed by atoms with Gasteiger partial charge in [0, 0.05) is 36.9 Å². The van der Waals surface area contributed by atoms with Gasteiger partial charge < -0.3 is 15.5 Å². The normalized spacial score (nSPS) is 18.1. The van der Waals surface area contributed by atoms with Gasteiger partial charge in [-0.25, -0.2) is 0 Å². The fourth-order valence-corrected chi connectivity index (χ4v) is 3.26. The molecule has 0 bridgehead atoms. The van der Waals surface area contributed by atoms with Crippen LogP contribution in [0.25, 0.3) is 0 Å². The first-order chi connectivity index (χ1) is 12.1. The molecule has 1 saturated heterocycles. The van der Waals surface area contributed by atoms with E-state index in [0.717, 1.165) is 56.8 Å². The van der Waals surface area contributed by atoms with Gasteiger partial charge in [-0.3, -0.25) is 9.59 Å².